The summed E-state index contributed by atoms with van der Waals surface area (Å²) in [5, 5.41) is 0. The fourth-order valence-corrected chi connectivity index (χ4v) is 2.50. The van der Waals surface area contributed by atoms with Crippen molar-refractivity contribution < 1.29 is 25.8 Å². The van der Waals surface area contributed by atoms with Crippen molar-refractivity contribution in [3.8, 4) is 5.75 Å². The molecular weight excluding hydrogens is 410 g/mol. The Morgan fingerprint density at radius 3 is 2.45 bits per heavy atom. The molecule has 0 aliphatic carbocycles. The van der Waals surface area contributed by atoms with E-state index in [1.54, 1.807) is 6.07 Å². The molecule has 1 rings (SSSR count). The van der Waals surface area contributed by atoms with Crippen LogP contribution in [0.15, 0.2) is 18.2 Å². The number of unbranched alkanes of at least 4 members (excludes halogenated alkanes) is 1. The highest BCUT2D eigenvalue weighted by Crippen LogP contribution is 2.30. The van der Waals surface area contributed by atoms with Gasteiger partial charge in [-0.05, 0) is 72.2 Å². The van der Waals surface area contributed by atoms with Crippen LogP contribution in [0.4, 0.5) is 13.2 Å². The molecule has 0 aliphatic rings. The summed E-state index contributed by atoms with van der Waals surface area (Å²) in [4.78, 5) is 0. The third-order valence-corrected chi connectivity index (χ3v) is 4.04. The molecule has 9 heteroatoms. The highest BCUT2D eigenvalue weighted by atomic mass is 127. The van der Waals surface area contributed by atoms with E-state index >= 15 is 0 Å². The number of rotatable bonds is 6. The molecule has 4 nitrogen and oxygen atoms in total. The lowest BCUT2D eigenvalue weighted by Crippen LogP contribution is -2.28. The molecule has 0 aliphatic heterocycles. The molecule has 0 heterocycles. The van der Waals surface area contributed by atoms with E-state index in [1.165, 1.54) is 12.1 Å². The summed E-state index contributed by atoms with van der Waals surface area (Å²) in [6.45, 7) is 0.459. The van der Waals surface area contributed by atoms with Gasteiger partial charge in [0, 0.05) is 3.57 Å². The first-order valence-corrected chi connectivity index (χ1v) is 8.15. The Labute approximate surface area is 128 Å². The molecule has 114 valence electrons. The number of halogens is 4. The maximum absolute atomic E-state index is 12.3. The maximum Gasteiger partial charge on any atom is 0.534 e. The van der Waals surface area contributed by atoms with E-state index < -0.39 is 15.6 Å². The van der Waals surface area contributed by atoms with Gasteiger partial charge in [-0.25, -0.2) is 0 Å². The Hall–Kier alpha value is -0.550. The first kappa shape index (κ1) is 17.5. The minimum atomic E-state index is -5.64. The van der Waals surface area contributed by atoms with Crippen LogP contribution in [0.2, 0.25) is 0 Å². The van der Waals surface area contributed by atoms with E-state index in [2.05, 4.69) is 4.18 Å². The molecule has 1 aromatic carbocycles. The molecule has 0 unspecified atom stereocenters. The monoisotopic (exact) mass is 423 g/mol. The SMILES string of the molecule is NCCCCc1cc(I)ccc1OS(=O)(=O)C(F)(F)F. The van der Waals surface area contributed by atoms with E-state index in [-0.39, 0.29) is 5.75 Å². The van der Waals surface area contributed by atoms with Gasteiger partial charge in [0.15, 0.2) is 0 Å². The summed E-state index contributed by atoms with van der Waals surface area (Å²) in [6.07, 6.45) is 1.73. The fourth-order valence-electron chi connectivity index (χ4n) is 1.45. The topological polar surface area (TPSA) is 69.4 Å². The zero-order valence-corrected chi connectivity index (χ0v) is 13.3. The van der Waals surface area contributed by atoms with Crippen LogP contribution in [-0.2, 0) is 16.5 Å². The molecule has 0 radical (unpaired) electrons. The van der Waals surface area contributed by atoms with Crippen molar-refractivity contribution in [1.82, 2.24) is 0 Å². The van der Waals surface area contributed by atoms with Crippen molar-refractivity contribution in [3.05, 3.63) is 27.3 Å². The minimum Gasteiger partial charge on any atom is -0.376 e. The highest BCUT2D eigenvalue weighted by Gasteiger charge is 2.48. The standard InChI is InChI=1S/C11H13F3INO3S/c12-11(13,14)20(17,18)19-10-5-4-9(15)7-8(10)3-1-2-6-16/h4-5,7H,1-3,6,16H2. The Morgan fingerprint density at radius 2 is 1.90 bits per heavy atom. The Bertz CT molecular complexity index is 561. The minimum absolute atomic E-state index is 0.292. The predicted molar refractivity (Wildman–Crippen MR) is 76.8 cm³/mol. The van der Waals surface area contributed by atoms with Crippen molar-refractivity contribution >= 4 is 32.7 Å². The third kappa shape index (κ3) is 4.77. The highest BCUT2D eigenvalue weighted by molar-refractivity contribution is 14.1. The zero-order valence-electron chi connectivity index (χ0n) is 10.3. The van der Waals surface area contributed by atoms with Gasteiger partial charge in [-0.15, -0.1) is 0 Å². The first-order valence-electron chi connectivity index (χ1n) is 5.66. The summed E-state index contributed by atoms with van der Waals surface area (Å²) in [7, 11) is -5.64. The van der Waals surface area contributed by atoms with Gasteiger partial charge >= 0.3 is 15.6 Å². The van der Waals surface area contributed by atoms with Crippen LogP contribution in [0, 0.1) is 3.57 Å². The molecule has 0 spiro atoms. The molecule has 0 atom stereocenters. The van der Waals surface area contributed by atoms with Gasteiger partial charge in [0.25, 0.3) is 0 Å². The van der Waals surface area contributed by atoms with E-state index in [1.807, 2.05) is 22.6 Å². The van der Waals surface area contributed by atoms with Gasteiger partial charge in [0.2, 0.25) is 0 Å². The van der Waals surface area contributed by atoms with Crippen LogP contribution in [0.1, 0.15) is 18.4 Å². The smallest absolute Gasteiger partial charge is 0.376 e. The van der Waals surface area contributed by atoms with Crippen LogP contribution in [0.5, 0.6) is 5.75 Å². The summed E-state index contributed by atoms with van der Waals surface area (Å²) < 4.78 is 63.9. The molecule has 0 amide bonds. The molecular formula is C11H13F3INO3S. The van der Waals surface area contributed by atoms with E-state index in [0.717, 1.165) is 3.57 Å². The molecule has 0 saturated heterocycles. The quantitative estimate of drug-likeness (QED) is 0.331. The van der Waals surface area contributed by atoms with Crippen LogP contribution in [0.3, 0.4) is 0 Å². The Kier molecular flexibility index (Phi) is 6.07. The van der Waals surface area contributed by atoms with Crippen molar-refractivity contribution in [3.63, 3.8) is 0 Å². The van der Waals surface area contributed by atoms with Gasteiger partial charge in [-0.1, -0.05) is 0 Å². The molecule has 1 aromatic rings. The molecule has 0 saturated carbocycles. The molecule has 0 aromatic heterocycles. The normalized spacial score (nSPS) is 12.4. The summed E-state index contributed by atoms with van der Waals surface area (Å²) in [5.41, 5.74) is 0.317. The van der Waals surface area contributed by atoms with Crippen LogP contribution >= 0.6 is 22.6 Å². The molecule has 20 heavy (non-hydrogen) atoms. The van der Waals surface area contributed by atoms with Crippen molar-refractivity contribution in [1.29, 1.82) is 0 Å². The first-order chi connectivity index (χ1) is 9.17. The zero-order chi connectivity index (χ0) is 15.4. The third-order valence-electron chi connectivity index (χ3n) is 2.41. The Morgan fingerprint density at radius 1 is 1.25 bits per heavy atom. The van der Waals surface area contributed by atoms with Crippen molar-refractivity contribution in [2.24, 2.45) is 5.73 Å². The second-order valence-electron chi connectivity index (χ2n) is 3.98. The van der Waals surface area contributed by atoms with Crippen LogP contribution in [0.25, 0.3) is 0 Å². The number of alkyl halides is 3. The summed E-state index contributed by atoms with van der Waals surface area (Å²) >= 11 is 1.98. The summed E-state index contributed by atoms with van der Waals surface area (Å²) in [6, 6.07) is 4.30. The number of hydrogen-bond acceptors (Lipinski definition) is 4. The second-order valence-corrected chi connectivity index (χ2v) is 6.76. The predicted octanol–water partition coefficient (Wildman–Crippen LogP) is 2.80. The average Bonchev–Trinajstić information content (AvgIpc) is 2.31. The van der Waals surface area contributed by atoms with Gasteiger partial charge < -0.3 is 9.92 Å². The van der Waals surface area contributed by atoms with Crippen LogP contribution < -0.4 is 9.92 Å². The van der Waals surface area contributed by atoms with E-state index in [0.29, 0.717) is 31.4 Å². The van der Waals surface area contributed by atoms with E-state index in [4.69, 9.17) is 5.73 Å². The largest absolute Gasteiger partial charge is 0.534 e. The lowest BCUT2D eigenvalue weighted by molar-refractivity contribution is -0.0500. The van der Waals surface area contributed by atoms with Gasteiger partial charge in [-0.3, -0.25) is 0 Å². The number of nitrogens with two attached hydrogens (primary N) is 1. The average molecular weight is 423 g/mol. The van der Waals surface area contributed by atoms with Crippen LogP contribution in [-0.4, -0.2) is 20.5 Å². The number of benzene rings is 1. The lowest BCUT2D eigenvalue weighted by atomic mass is 10.1. The maximum atomic E-state index is 12.3. The number of aryl methyl sites for hydroxylation is 1. The second kappa shape index (κ2) is 6.94. The number of hydrogen-bond donors (Lipinski definition) is 1. The van der Waals surface area contributed by atoms with Crippen molar-refractivity contribution in [2.45, 2.75) is 24.8 Å². The van der Waals surface area contributed by atoms with Crippen molar-refractivity contribution in [2.75, 3.05) is 6.54 Å². The molecule has 2 N–H and O–H groups in total. The molecule has 0 bridgehead atoms. The van der Waals surface area contributed by atoms with Gasteiger partial charge in [-0.2, -0.15) is 21.6 Å². The van der Waals surface area contributed by atoms with Gasteiger partial charge in [0.05, 0.1) is 0 Å². The van der Waals surface area contributed by atoms with Gasteiger partial charge in [0.1, 0.15) is 5.75 Å². The summed E-state index contributed by atoms with van der Waals surface area (Å²) in [5.74, 6) is -0.292. The van der Waals surface area contributed by atoms with E-state index in [9.17, 15) is 21.6 Å². The molecule has 0 fully saturated rings. The lowest BCUT2D eigenvalue weighted by Gasteiger charge is -2.13. The fraction of sp³-hybridized carbons (Fsp3) is 0.455. The Balaban J connectivity index is 3.00.